The molecule has 10 rings (SSSR count). The molecule has 0 N–H and O–H groups in total. The van der Waals surface area contributed by atoms with Crippen molar-refractivity contribution in [3.8, 4) is 101 Å². The molecular formula is C69H57Br3IrN3. The maximum atomic E-state index is 4.77. The van der Waals surface area contributed by atoms with Gasteiger partial charge in [0.25, 0.3) is 0 Å². The van der Waals surface area contributed by atoms with E-state index in [0.29, 0.717) is 0 Å². The van der Waals surface area contributed by atoms with E-state index in [1.165, 1.54) is 16.7 Å². The maximum Gasteiger partial charge on any atom is 3.00 e. The van der Waals surface area contributed by atoms with Gasteiger partial charge in [-0.3, -0.25) is 0 Å². The fourth-order valence-corrected chi connectivity index (χ4v) is 11.3. The summed E-state index contributed by atoms with van der Waals surface area (Å²) in [6, 6.07) is 69.4. The van der Waals surface area contributed by atoms with Crippen LogP contribution >= 0.6 is 47.8 Å². The molecule has 0 radical (unpaired) electrons. The molecule has 0 unspecified atom stereocenters. The fourth-order valence-electron chi connectivity index (χ4n) is 9.59. The summed E-state index contributed by atoms with van der Waals surface area (Å²) in [5.74, 6) is 0. The zero-order chi connectivity index (χ0) is 52.8. The van der Waals surface area contributed by atoms with E-state index < -0.39 is 0 Å². The van der Waals surface area contributed by atoms with Crippen LogP contribution in [0.4, 0.5) is 0 Å². The van der Waals surface area contributed by atoms with E-state index in [1.54, 1.807) is 0 Å². The number of aromatic nitrogens is 3. The van der Waals surface area contributed by atoms with Crippen molar-refractivity contribution in [2.24, 2.45) is 0 Å². The molecule has 0 fully saturated rings. The quantitative estimate of drug-likeness (QED) is 0.135. The number of nitrogens with zero attached hydrogens (tertiary/aromatic N) is 3. The second-order valence-electron chi connectivity index (χ2n) is 22.3. The molecule has 0 atom stereocenters. The molecule has 378 valence electrons. The van der Waals surface area contributed by atoms with E-state index in [0.717, 1.165) is 114 Å². The Kier molecular flexibility index (Phi) is 16.0. The smallest absolute Gasteiger partial charge is 0.305 e. The first kappa shape index (κ1) is 54.9. The normalized spacial score (nSPS) is 11.8. The molecule has 0 amide bonds. The van der Waals surface area contributed by atoms with E-state index in [1.807, 2.05) is 18.6 Å². The topological polar surface area (TPSA) is 38.7 Å². The van der Waals surface area contributed by atoms with Gasteiger partial charge in [-0.05, 0) is 120 Å². The summed E-state index contributed by atoms with van der Waals surface area (Å²) in [4.78, 5) is 14.3. The molecule has 0 spiro atoms. The number of hydrogen-bond acceptors (Lipinski definition) is 3. The Hall–Kier alpha value is -5.92. The molecule has 0 aliphatic heterocycles. The Morgan fingerprint density at radius 1 is 0.316 bits per heavy atom. The van der Waals surface area contributed by atoms with Crippen LogP contribution in [0.1, 0.15) is 79.0 Å². The minimum absolute atomic E-state index is 0. The Balaban J connectivity index is 0.00000706. The van der Waals surface area contributed by atoms with E-state index in [-0.39, 0.29) is 36.4 Å². The first-order valence-corrected chi connectivity index (χ1v) is 27.7. The van der Waals surface area contributed by atoms with Gasteiger partial charge in [0.15, 0.2) is 0 Å². The minimum Gasteiger partial charge on any atom is -0.305 e. The van der Waals surface area contributed by atoms with Crippen LogP contribution in [0, 0.1) is 18.2 Å². The molecular weight excluding hydrogens is 1300 g/mol. The monoisotopic (exact) mass is 1360 g/mol. The third-order valence-corrected chi connectivity index (χ3v) is 15.9. The minimum atomic E-state index is -0.00493. The zero-order valence-corrected chi connectivity index (χ0v) is 51.3. The summed E-state index contributed by atoms with van der Waals surface area (Å²) in [5, 5.41) is 0. The van der Waals surface area contributed by atoms with Gasteiger partial charge in [-0.25, -0.2) is 0 Å². The first-order valence-electron chi connectivity index (χ1n) is 25.3. The molecule has 0 aliphatic rings. The third-order valence-electron chi connectivity index (χ3n) is 13.9. The summed E-state index contributed by atoms with van der Waals surface area (Å²) in [5.41, 5.74) is 22.1. The van der Waals surface area contributed by atoms with Gasteiger partial charge < -0.3 is 15.0 Å². The van der Waals surface area contributed by atoms with Crippen molar-refractivity contribution in [1.29, 1.82) is 0 Å². The summed E-state index contributed by atoms with van der Waals surface area (Å²) >= 11 is 12.1. The van der Waals surface area contributed by atoms with Gasteiger partial charge >= 0.3 is 20.1 Å². The van der Waals surface area contributed by atoms with Crippen LogP contribution in [-0.4, -0.2) is 15.0 Å². The van der Waals surface area contributed by atoms with Crippen molar-refractivity contribution < 1.29 is 20.1 Å². The molecule has 0 saturated carbocycles. The molecule has 0 bridgehead atoms. The largest absolute Gasteiger partial charge is 3.00 e. The third kappa shape index (κ3) is 11.7. The number of hydrogen-bond donors (Lipinski definition) is 0. The number of halogens is 3. The number of pyridine rings is 3. The van der Waals surface area contributed by atoms with Crippen molar-refractivity contribution in [3.63, 3.8) is 0 Å². The van der Waals surface area contributed by atoms with Crippen LogP contribution < -0.4 is 0 Å². The summed E-state index contributed by atoms with van der Waals surface area (Å²) in [7, 11) is 0. The van der Waals surface area contributed by atoms with Crippen LogP contribution in [0.5, 0.6) is 0 Å². The molecule has 0 saturated heterocycles. The Bertz CT molecular complexity index is 3380. The van der Waals surface area contributed by atoms with Crippen LogP contribution in [0.15, 0.2) is 196 Å². The Morgan fingerprint density at radius 3 is 0.803 bits per heavy atom. The summed E-state index contributed by atoms with van der Waals surface area (Å²) in [6.45, 7) is 20.0. The van der Waals surface area contributed by atoms with Crippen LogP contribution in [0.2, 0.25) is 0 Å². The van der Waals surface area contributed by atoms with Gasteiger partial charge in [0.1, 0.15) is 0 Å². The zero-order valence-electron chi connectivity index (χ0n) is 44.1. The fraction of sp³-hybridized carbons (Fsp3) is 0.174. The van der Waals surface area contributed by atoms with Crippen molar-refractivity contribution in [1.82, 2.24) is 15.0 Å². The van der Waals surface area contributed by atoms with Gasteiger partial charge in [0.2, 0.25) is 0 Å². The van der Waals surface area contributed by atoms with Crippen molar-refractivity contribution in [2.45, 2.75) is 78.6 Å². The van der Waals surface area contributed by atoms with Gasteiger partial charge in [-0.1, -0.05) is 248 Å². The van der Waals surface area contributed by atoms with E-state index in [4.69, 9.17) is 15.0 Å². The van der Waals surface area contributed by atoms with Gasteiger partial charge in [-0.2, -0.15) is 0 Å². The molecule has 7 heteroatoms. The molecule has 0 aliphatic carbocycles. The molecule has 3 nitrogen and oxygen atoms in total. The van der Waals surface area contributed by atoms with Crippen molar-refractivity contribution in [2.75, 3.05) is 0 Å². The Morgan fingerprint density at radius 2 is 0.566 bits per heavy atom. The van der Waals surface area contributed by atoms with Crippen molar-refractivity contribution >= 4 is 47.8 Å². The predicted octanol–water partition coefficient (Wildman–Crippen LogP) is 20.5. The maximum absolute atomic E-state index is 4.77. The second-order valence-corrected chi connectivity index (χ2v) is 24.9. The number of rotatable bonds is 9. The summed E-state index contributed by atoms with van der Waals surface area (Å²) in [6.07, 6.45) is 5.69. The second kappa shape index (κ2) is 22.2. The van der Waals surface area contributed by atoms with E-state index in [2.05, 4.69) is 292 Å². The van der Waals surface area contributed by atoms with Crippen LogP contribution in [0.3, 0.4) is 0 Å². The number of benzene rings is 7. The summed E-state index contributed by atoms with van der Waals surface area (Å²) < 4.78 is 2.90. The van der Waals surface area contributed by atoms with Gasteiger partial charge in [0, 0.05) is 18.6 Å². The molecule has 76 heavy (non-hydrogen) atoms. The van der Waals surface area contributed by atoms with Crippen molar-refractivity contribution in [3.05, 3.63) is 231 Å². The first-order chi connectivity index (χ1) is 35.8. The molecule has 3 aromatic heterocycles. The molecule has 10 aromatic rings. The standard InChI is InChI=1S/C69H57Br3N3.Ir/c1-67(2,3)49-28-31-73-64(40-49)43-22-25-58(61(70)37-43)55-19-13-10-16-52(55)46-34-47(53-17-11-14-20-56(53)59-26-23-44(38-62(59)71)65-41-50(29-32-74-65)68(4,5)6)36-48(35-46)54-18-12-15-21-57(54)60-27-24-45(39-63(60)72)66-42-51(30-33-75-66)69(7,8)9;/h10-21,25-42H,1-9H3;/q-3;+3. The van der Waals surface area contributed by atoms with E-state index >= 15 is 0 Å². The SMILES string of the molecule is CC(C)(C)c1ccnc(-c2[c-]cc(-c3ccccc3-c3cc(-c4ccccc4-c4c[c-]c(-c5cc(C(C)(C)C)ccn5)cc4Br)cc(-c4ccccc4-c4c[c-]c(-c5cc(C(C)(C)C)ccn5)cc4Br)c3)c(Br)c2)c1.[Ir+3]. The van der Waals surface area contributed by atoms with Crippen LogP contribution in [-0.2, 0) is 36.4 Å². The van der Waals surface area contributed by atoms with E-state index in [9.17, 15) is 0 Å². The van der Waals surface area contributed by atoms with Gasteiger partial charge in [-0.15, -0.1) is 71.3 Å². The Labute approximate surface area is 488 Å². The average Bonchev–Trinajstić information content (AvgIpc) is 3.41. The predicted molar refractivity (Wildman–Crippen MR) is 324 cm³/mol. The molecule has 7 aromatic carbocycles. The van der Waals surface area contributed by atoms with Gasteiger partial charge in [0.05, 0.1) is 0 Å². The average molecular weight is 1360 g/mol. The molecule has 3 heterocycles. The van der Waals surface area contributed by atoms with Crippen LogP contribution in [0.25, 0.3) is 101 Å².